The summed E-state index contributed by atoms with van der Waals surface area (Å²) in [5, 5.41) is 7.12. The summed E-state index contributed by atoms with van der Waals surface area (Å²) >= 11 is 3.39. The predicted molar refractivity (Wildman–Crippen MR) is 103 cm³/mol. The zero-order valence-electron chi connectivity index (χ0n) is 14.7. The van der Waals surface area contributed by atoms with Gasteiger partial charge in [0.2, 0.25) is 0 Å². The molecule has 2 aromatic carbocycles. The van der Waals surface area contributed by atoms with Crippen LogP contribution in [0, 0.1) is 5.82 Å². The fourth-order valence-corrected chi connectivity index (χ4v) is 2.87. The van der Waals surface area contributed by atoms with E-state index in [0.29, 0.717) is 33.9 Å². The Balaban J connectivity index is 1.76. The van der Waals surface area contributed by atoms with Gasteiger partial charge in [0.25, 0.3) is 5.91 Å². The first-order valence-electron chi connectivity index (χ1n) is 8.00. The Morgan fingerprint density at radius 3 is 2.37 bits per heavy atom. The van der Waals surface area contributed by atoms with Crippen LogP contribution >= 0.6 is 15.9 Å². The van der Waals surface area contributed by atoms with E-state index in [9.17, 15) is 9.18 Å². The molecule has 140 valence electrons. The lowest BCUT2D eigenvalue weighted by Gasteiger charge is -2.08. The van der Waals surface area contributed by atoms with Gasteiger partial charge in [-0.25, -0.2) is 4.39 Å². The van der Waals surface area contributed by atoms with Crippen LogP contribution in [0.3, 0.4) is 0 Å². The van der Waals surface area contributed by atoms with Gasteiger partial charge in [-0.05, 0) is 45.8 Å². The Labute approximate surface area is 164 Å². The molecule has 6 nitrogen and oxygen atoms in total. The number of hydrogen-bond donors (Lipinski definition) is 1. The van der Waals surface area contributed by atoms with Crippen molar-refractivity contribution < 1.29 is 18.7 Å². The molecule has 0 aliphatic carbocycles. The van der Waals surface area contributed by atoms with E-state index in [1.54, 1.807) is 41.2 Å². The topological polar surface area (TPSA) is 65.4 Å². The van der Waals surface area contributed by atoms with Gasteiger partial charge in [-0.1, -0.05) is 12.1 Å². The lowest BCUT2D eigenvalue weighted by Crippen LogP contribution is -2.13. The first-order chi connectivity index (χ1) is 13.0. The molecule has 0 atom stereocenters. The smallest absolute Gasteiger partial charge is 0.257 e. The maximum atomic E-state index is 13.0. The van der Waals surface area contributed by atoms with Crippen LogP contribution in [0.15, 0.2) is 53.1 Å². The summed E-state index contributed by atoms with van der Waals surface area (Å²) in [6.45, 7) is 0.446. The first kappa shape index (κ1) is 18.9. The maximum Gasteiger partial charge on any atom is 0.257 e. The normalized spacial score (nSPS) is 10.5. The molecule has 0 saturated carbocycles. The number of methoxy groups -OCH3 is 2. The van der Waals surface area contributed by atoms with Crippen molar-refractivity contribution in [2.45, 2.75) is 6.54 Å². The van der Waals surface area contributed by atoms with E-state index in [-0.39, 0.29) is 11.7 Å². The summed E-state index contributed by atoms with van der Waals surface area (Å²) in [6, 6.07) is 11.1. The molecule has 1 N–H and O–H groups in total. The Bertz CT molecular complexity index is 935. The molecule has 8 heteroatoms. The zero-order valence-corrected chi connectivity index (χ0v) is 16.3. The van der Waals surface area contributed by atoms with Crippen molar-refractivity contribution in [1.82, 2.24) is 9.78 Å². The van der Waals surface area contributed by atoms with E-state index >= 15 is 0 Å². The highest BCUT2D eigenvalue weighted by molar-refractivity contribution is 9.10. The van der Waals surface area contributed by atoms with Crippen LogP contribution in [0.5, 0.6) is 11.5 Å². The second-order valence-corrected chi connectivity index (χ2v) is 6.56. The number of carbonyl (C=O) groups is 1. The number of rotatable bonds is 6. The van der Waals surface area contributed by atoms with Crippen LogP contribution in [0.2, 0.25) is 0 Å². The third kappa shape index (κ3) is 4.65. The number of carbonyl (C=O) groups excluding carboxylic acids is 1. The Morgan fingerprint density at radius 2 is 1.78 bits per heavy atom. The van der Waals surface area contributed by atoms with Gasteiger partial charge >= 0.3 is 0 Å². The molecular weight excluding hydrogens is 417 g/mol. The molecule has 3 rings (SSSR count). The molecule has 0 fully saturated rings. The predicted octanol–water partition coefficient (Wildman–Crippen LogP) is 4.10. The summed E-state index contributed by atoms with van der Waals surface area (Å²) in [5.41, 5.74) is 1.27. The number of nitrogens with one attached hydrogen (secondary N) is 1. The third-order valence-corrected chi connectivity index (χ3v) is 4.40. The molecule has 3 aromatic rings. The quantitative estimate of drug-likeness (QED) is 0.635. The molecule has 0 radical (unpaired) electrons. The number of amides is 1. The second kappa shape index (κ2) is 8.22. The molecule has 1 aromatic heterocycles. The third-order valence-electron chi connectivity index (χ3n) is 3.82. The maximum absolute atomic E-state index is 13.0. The monoisotopic (exact) mass is 433 g/mol. The van der Waals surface area contributed by atoms with Crippen molar-refractivity contribution in [2.75, 3.05) is 19.5 Å². The number of hydrogen-bond acceptors (Lipinski definition) is 4. The molecule has 0 aliphatic heterocycles. The van der Waals surface area contributed by atoms with E-state index < -0.39 is 0 Å². The van der Waals surface area contributed by atoms with Gasteiger partial charge in [0, 0.05) is 17.8 Å². The van der Waals surface area contributed by atoms with Gasteiger partial charge in [0.15, 0.2) is 5.82 Å². The molecule has 0 unspecified atom stereocenters. The number of anilines is 1. The fraction of sp³-hybridized carbons (Fsp3) is 0.158. The largest absolute Gasteiger partial charge is 0.497 e. The van der Waals surface area contributed by atoms with Crippen LogP contribution in [-0.4, -0.2) is 29.9 Å². The van der Waals surface area contributed by atoms with E-state index in [2.05, 4.69) is 26.3 Å². The van der Waals surface area contributed by atoms with E-state index in [4.69, 9.17) is 9.47 Å². The fourth-order valence-electron chi connectivity index (χ4n) is 2.46. The van der Waals surface area contributed by atoms with Gasteiger partial charge in [0.1, 0.15) is 17.3 Å². The highest BCUT2D eigenvalue weighted by Crippen LogP contribution is 2.25. The van der Waals surface area contributed by atoms with E-state index in [1.165, 1.54) is 26.4 Å². The highest BCUT2D eigenvalue weighted by Gasteiger charge is 2.14. The Kier molecular flexibility index (Phi) is 5.75. The molecular formula is C19H17BrFN3O3. The lowest BCUT2D eigenvalue weighted by atomic mass is 10.2. The van der Waals surface area contributed by atoms with E-state index in [1.807, 2.05) is 0 Å². The van der Waals surface area contributed by atoms with E-state index in [0.717, 1.165) is 5.56 Å². The Hall–Kier alpha value is -2.87. The number of benzene rings is 2. The van der Waals surface area contributed by atoms with Crippen molar-refractivity contribution in [2.24, 2.45) is 0 Å². The van der Waals surface area contributed by atoms with Gasteiger partial charge < -0.3 is 14.8 Å². The van der Waals surface area contributed by atoms with Crippen molar-refractivity contribution in [1.29, 1.82) is 0 Å². The SMILES string of the molecule is COc1cc(OC)cc(C(=O)Nc2nn(Cc3ccc(F)cc3)cc2Br)c1. The summed E-state index contributed by atoms with van der Waals surface area (Å²) < 4.78 is 25.7. The summed E-state index contributed by atoms with van der Waals surface area (Å²) in [6.07, 6.45) is 1.74. The molecule has 0 aliphatic rings. The summed E-state index contributed by atoms with van der Waals surface area (Å²) in [5.74, 6) is 0.770. The van der Waals surface area contributed by atoms with Crippen molar-refractivity contribution in [3.8, 4) is 11.5 Å². The number of halogens is 2. The summed E-state index contributed by atoms with van der Waals surface area (Å²) in [7, 11) is 3.04. The van der Waals surface area contributed by atoms with Crippen molar-refractivity contribution in [3.63, 3.8) is 0 Å². The van der Waals surface area contributed by atoms with Crippen LogP contribution < -0.4 is 14.8 Å². The van der Waals surface area contributed by atoms with Gasteiger partial charge in [-0.2, -0.15) is 5.10 Å². The zero-order chi connectivity index (χ0) is 19.4. The molecule has 1 amide bonds. The van der Waals surface area contributed by atoms with Crippen LogP contribution in [0.4, 0.5) is 10.2 Å². The molecule has 0 bridgehead atoms. The average Bonchev–Trinajstić information content (AvgIpc) is 3.01. The van der Waals surface area contributed by atoms with Crippen molar-refractivity contribution in [3.05, 3.63) is 70.1 Å². The Morgan fingerprint density at radius 1 is 1.15 bits per heavy atom. The molecule has 1 heterocycles. The number of aromatic nitrogens is 2. The van der Waals surface area contributed by atoms with Crippen LogP contribution in [0.25, 0.3) is 0 Å². The minimum absolute atomic E-state index is 0.290. The molecule has 0 saturated heterocycles. The molecule has 0 spiro atoms. The average molecular weight is 434 g/mol. The minimum Gasteiger partial charge on any atom is -0.497 e. The van der Waals surface area contributed by atoms with Crippen molar-refractivity contribution >= 4 is 27.7 Å². The summed E-state index contributed by atoms with van der Waals surface area (Å²) in [4.78, 5) is 12.6. The lowest BCUT2D eigenvalue weighted by molar-refractivity contribution is 0.102. The number of nitrogens with zero attached hydrogens (tertiary/aromatic N) is 2. The highest BCUT2D eigenvalue weighted by atomic mass is 79.9. The van der Waals surface area contributed by atoms with Crippen LogP contribution in [-0.2, 0) is 6.54 Å². The van der Waals surface area contributed by atoms with Crippen LogP contribution in [0.1, 0.15) is 15.9 Å². The van der Waals surface area contributed by atoms with Gasteiger partial charge in [-0.15, -0.1) is 0 Å². The number of ether oxygens (including phenoxy) is 2. The molecule has 27 heavy (non-hydrogen) atoms. The first-order valence-corrected chi connectivity index (χ1v) is 8.79. The van der Waals surface area contributed by atoms with Gasteiger partial charge in [0.05, 0.1) is 25.2 Å². The van der Waals surface area contributed by atoms with Gasteiger partial charge in [-0.3, -0.25) is 9.48 Å². The standard InChI is InChI=1S/C19H17BrFN3O3/c1-26-15-7-13(8-16(9-15)27-2)19(25)22-18-17(20)11-24(23-18)10-12-3-5-14(21)6-4-12/h3-9,11H,10H2,1-2H3,(H,22,23,25). The second-order valence-electron chi connectivity index (χ2n) is 5.71. The minimum atomic E-state index is -0.347.